The molecule has 2 unspecified atom stereocenters. The Morgan fingerprint density at radius 3 is 2.96 bits per heavy atom. The summed E-state index contributed by atoms with van der Waals surface area (Å²) >= 11 is 8.00. The van der Waals surface area contributed by atoms with Crippen molar-refractivity contribution >= 4 is 29.3 Å². The van der Waals surface area contributed by atoms with Crippen LogP contribution in [-0.2, 0) is 11.2 Å². The predicted octanol–water partition coefficient (Wildman–Crippen LogP) is 5.33. The third-order valence-electron chi connectivity index (χ3n) is 5.27. The Labute approximate surface area is 173 Å². The van der Waals surface area contributed by atoms with Crippen molar-refractivity contribution < 1.29 is 9.90 Å². The van der Waals surface area contributed by atoms with E-state index in [0.29, 0.717) is 23.8 Å². The molecule has 3 nitrogen and oxygen atoms in total. The number of thioether (sulfide) groups is 1. The molecule has 1 aromatic rings. The van der Waals surface area contributed by atoms with Gasteiger partial charge in [0.2, 0.25) is 5.91 Å². The quantitative estimate of drug-likeness (QED) is 0.500. The summed E-state index contributed by atoms with van der Waals surface area (Å²) in [6.07, 6.45) is 7.98. The van der Waals surface area contributed by atoms with Gasteiger partial charge in [0.15, 0.2) is 0 Å². The van der Waals surface area contributed by atoms with Crippen LogP contribution in [0.15, 0.2) is 24.3 Å². The highest BCUT2D eigenvalue weighted by atomic mass is 35.5. The first-order valence-electron chi connectivity index (χ1n) is 10.4. The van der Waals surface area contributed by atoms with Crippen molar-refractivity contribution in [1.82, 2.24) is 4.90 Å². The predicted molar refractivity (Wildman–Crippen MR) is 117 cm³/mol. The highest BCUT2D eigenvalue weighted by Gasteiger charge is 2.26. The molecule has 0 aromatic heterocycles. The molecule has 1 saturated heterocycles. The van der Waals surface area contributed by atoms with Crippen LogP contribution in [0.5, 0.6) is 0 Å². The van der Waals surface area contributed by atoms with Gasteiger partial charge < -0.3 is 10.0 Å². The topological polar surface area (TPSA) is 40.5 Å². The zero-order valence-corrected chi connectivity index (χ0v) is 18.1. The number of amides is 1. The van der Waals surface area contributed by atoms with E-state index in [0.717, 1.165) is 56.4 Å². The van der Waals surface area contributed by atoms with Crippen molar-refractivity contribution in [1.29, 1.82) is 0 Å². The second kappa shape index (κ2) is 12.7. The smallest absolute Gasteiger partial charge is 0.222 e. The number of nitrogens with zero attached hydrogens (tertiary/aromatic N) is 1. The Morgan fingerprint density at radius 1 is 1.33 bits per heavy atom. The molecule has 1 aliphatic rings. The molecule has 1 heterocycles. The fraction of sp³-hybridized carbons (Fsp3) is 0.682. The number of carbonyl (C=O) groups excluding carboxylic acids is 1. The fourth-order valence-electron chi connectivity index (χ4n) is 3.82. The highest BCUT2D eigenvalue weighted by molar-refractivity contribution is 7.99. The number of likely N-dealkylation sites (tertiary alicyclic amines) is 1. The van der Waals surface area contributed by atoms with Crippen LogP contribution in [-0.4, -0.2) is 46.1 Å². The molecular weight excluding hydrogens is 378 g/mol. The molecule has 5 heteroatoms. The number of benzene rings is 1. The second-order valence-corrected chi connectivity index (χ2v) is 9.29. The summed E-state index contributed by atoms with van der Waals surface area (Å²) < 4.78 is 0. The average Bonchev–Trinajstić information content (AvgIpc) is 2.81. The van der Waals surface area contributed by atoms with E-state index < -0.39 is 0 Å². The molecule has 1 aromatic carbocycles. The minimum Gasteiger partial charge on any atom is -0.393 e. The van der Waals surface area contributed by atoms with Gasteiger partial charge in [0.25, 0.3) is 0 Å². The molecule has 27 heavy (non-hydrogen) atoms. The summed E-state index contributed by atoms with van der Waals surface area (Å²) in [5, 5.41) is 11.2. The van der Waals surface area contributed by atoms with E-state index >= 15 is 0 Å². The van der Waals surface area contributed by atoms with Gasteiger partial charge >= 0.3 is 0 Å². The molecule has 1 N–H and O–H groups in total. The Hall–Kier alpha value is -0.710. The Bertz CT molecular complexity index is 569. The molecule has 0 saturated carbocycles. The minimum atomic E-state index is -0.385. The molecule has 2 atom stereocenters. The summed E-state index contributed by atoms with van der Waals surface area (Å²) in [6, 6.07) is 7.98. The van der Waals surface area contributed by atoms with Gasteiger partial charge in [-0.05, 0) is 74.1 Å². The van der Waals surface area contributed by atoms with Crippen molar-refractivity contribution in [3.63, 3.8) is 0 Å². The number of hydrogen-bond acceptors (Lipinski definition) is 3. The maximum atomic E-state index is 12.6. The van der Waals surface area contributed by atoms with Gasteiger partial charge in [-0.25, -0.2) is 0 Å². The third-order valence-corrected chi connectivity index (χ3v) is 6.50. The first-order chi connectivity index (χ1) is 13.1. The number of hydrogen-bond donors (Lipinski definition) is 1. The molecule has 1 amide bonds. The molecule has 0 spiro atoms. The Kier molecular flexibility index (Phi) is 10.6. The zero-order valence-electron chi connectivity index (χ0n) is 16.5. The van der Waals surface area contributed by atoms with Crippen molar-refractivity contribution in [3.05, 3.63) is 34.9 Å². The molecule has 152 valence electrons. The third kappa shape index (κ3) is 8.45. The standard InChI is InChI=1S/C22H34ClNO2S/c1-2-27-15-6-5-14-24-20(10-3-4-11-22(24)26)12-13-21(25)17-18-8-7-9-19(23)16-18/h7-9,16,20-21,25H,2-6,10-15,17H2,1H3. The van der Waals surface area contributed by atoms with Gasteiger partial charge in [-0.15, -0.1) is 0 Å². The molecule has 0 radical (unpaired) electrons. The van der Waals surface area contributed by atoms with E-state index in [1.54, 1.807) is 0 Å². The summed E-state index contributed by atoms with van der Waals surface area (Å²) in [5.41, 5.74) is 1.07. The SMILES string of the molecule is CCSCCCCN1C(=O)CCCCC1CCC(O)Cc1cccc(Cl)c1. The van der Waals surface area contributed by atoms with Crippen LogP contribution in [0.3, 0.4) is 0 Å². The Balaban J connectivity index is 1.83. The van der Waals surface area contributed by atoms with Gasteiger partial charge in [0.05, 0.1) is 6.10 Å². The monoisotopic (exact) mass is 411 g/mol. The van der Waals surface area contributed by atoms with Gasteiger partial charge in [0.1, 0.15) is 0 Å². The number of unbranched alkanes of at least 4 members (excludes halogenated alkanes) is 1. The molecule has 0 bridgehead atoms. The van der Waals surface area contributed by atoms with E-state index in [2.05, 4.69) is 11.8 Å². The summed E-state index contributed by atoms with van der Waals surface area (Å²) in [7, 11) is 0. The van der Waals surface area contributed by atoms with Crippen molar-refractivity contribution in [2.75, 3.05) is 18.1 Å². The Morgan fingerprint density at radius 2 is 2.19 bits per heavy atom. The van der Waals surface area contributed by atoms with Crippen LogP contribution < -0.4 is 0 Å². The molecule has 0 aliphatic carbocycles. The molecular formula is C22H34ClNO2S. The normalized spacial score (nSPS) is 19.1. The first-order valence-corrected chi connectivity index (χ1v) is 11.9. The number of aliphatic hydroxyl groups is 1. The van der Waals surface area contributed by atoms with Gasteiger partial charge in [0, 0.05) is 24.0 Å². The average molecular weight is 412 g/mol. The van der Waals surface area contributed by atoms with Crippen LogP contribution in [0.1, 0.15) is 63.9 Å². The van der Waals surface area contributed by atoms with Crippen molar-refractivity contribution in [2.45, 2.75) is 76.9 Å². The molecule has 1 aliphatic heterocycles. The summed E-state index contributed by atoms with van der Waals surface area (Å²) in [4.78, 5) is 14.7. The lowest BCUT2D eigenvalue weighted by Crippen LogP contribution is -2.40. The fourth-order valence-corrected chi connectivity index (χ4v) is 4.73. The number of rotatable bonds is 11. The van der Waals surface area contributed by atoms with Gasteiger partial charge in [-0.3, -0.25) is 4.79 Å². The van der Waals surface area contributed by atoms with Crippen LogP contribution in [0, 0.1) is 0 Å². The first kappa shape index (κ1) is 22.6. The van der Waals surface area contributed by atoms with Crippen LogP contribution >= 0.6 is 23.4 Å². The lowest BCUT2D eigenvalue weighted by atomic mass is 9.98. The molecule has 2 rings (SSSR count). The van der Waals surface area contributed by atoms with E-state index in [4.69, 9.17) is 11.6 Å². The zero-order chi connectivity index (χ0) is 19.5. The summed E-state index contributed by atoms with van der Waals surface area (Å²) in [6.45, 7) is 3.06. The van der Waals surface area contributed by atoms with Crippen LogP contribution in [0.25, 0.3) is 0 Å². The lowest BCUT2D eigenvalue weighted by molar-refractivity contribution is -0.133. The largest absolute Gasteiger partial charge is 0.393 e. The van der Waals surface area contributed by atoms with Crippen LogP contribution in [0.2, 0.25) is 5.02 Å². The maximum Gasteiger partial charge on any atom is 0.222 e. The van der Waals surface area contributed by atoms with E-state index in [-0.39, 0.29) is 12.1 Å². The van der Waals surface area contributed by atoms with E-state index in [1.165, 1.54) is 12.2 Å². The highest BCUT2D eigenvalue weighted by Crippen LogP contribution is 2.23. The van der Waals surface area contributed by atoms with E-state index in [1.807, 2.05) is 36.0 Å². The van der Waals surface area contributed by atoms with Gasteiger partial charge in [-0.1, -0.05) is 37.1 Å². The minimum absolute atomic E-state index is 0.285. The number of carbonyl (C=O) groups is 1. The van der Waals surface area contributed by atoms with Gasteiger partial charge in [-0.2, -0.15) is 11.8 Å². The van der Waals surface area contributed by atoms with Crippen molar-refractivity contribution in [2.24, 2.45) is 0 Å². The van der Waals surface area contributed by atoms with Crippen LogP contribution in [0.4, 0.5) is 0 Å². The lowest BCUT2D eigenvalue weighted by Gasteiger charge is -2.31. The van der Waals surface area contributed by atoms with E-state index in [9.17, 15) is 9.90 Å². The number of aliphatic hydroxyl groups excluding tert-OH is 1. The second-order valence-electron chi connectivity index (χ2n) is 7.46. The molecule has 1 fully saturated rings. The number of halogens is 1. The summed E-state index contributed by atoms with van der Waals surface area (Å²) in [5.74, 6) is 2.65. The van der Waals surface area contributed by atoms with Crippen molar-refractivity contribution in [3.8, 4) is 0 Å². The maximum absolute atomic E-state index is 12.6.